The molecule has 0 radical (unpaired) electrons. The predicted molar refractivity (Wildman–Crippen MR) is 44.6 cm³/mol. The number of aryl methyl sites for hydroxylation is 1. The van der Waals surface area contributed by atoms with Crippen molar-refractivity contribution in [1.82, 2.24) is 4.98 Å². The molecule has 1 aliphatic rings. The first-order valence-corrected chi connectivity index (χ1v) is 4.24. The molecule has 0 N–H and O–H groups in total. The van der Waals surface area contributed by atoms with Crippen molar-refractivity contribution >= 4 is 21.7 Å². The fraction of sp³-hybridized carbons (Fsp3) is 0.250. The summed E-state index contributed by atoms with van der Waals surface area (Å²) in [6, 6.07) is 1.84. The van der Waals surface area contributed by atoms with Crippen molar-refractivity contribution in [1.29, 1.82) is 0 Å². The van der Waals surface area contributed by atoms with Crippen LogP contribution in [0.1, 0.15) is 22.5 Å². The number of halogens is 1. The molecule has 11 heavy (non-hydrogen) atoms. The highest BCUT2D eigenvalue weighted by molar-refractivity contribution is 9.10. The van der Waals surface area contributed by atoms with E-state index in [1.165, 1.54) is 0 Å². The van der Waals surface area contributed by atoms with E-state index >= 15 is 0 Å². The third kappa shape index (κ3) is 1.09. The molecule has 0 atom stereocenters. The summed E-state index contributed by atoms with van der Waals surface area (Å²) < 4.78 is 0.881. The van der Waals surface area contributed by atoms with E-state index in [0.717, 1.165) is 22.2 Å². The minimum atomic E-state index is 0.216. The van der Waals surface area contributed by atoms with Gasteiger partial charge in [0.25, 0.3) is 0 Å². The lowest BCUT2D eigenvalue weighted by atomic mass is 10.2. The second-order valence-electron chi connectivity index (χ2n) is 2.57. The summed E-state index contributed by atoms with van der Waals surface area (Å²) in [6.07, 6.45) is 3.16. The van der Waals surface area contributed by atoms with Gasteiger partial charge in [-0.05, 0) is 28.4 Å². The molecule has 0 saturated heterocycles. The number of carbonyl (C=O) groups is 1. The average molecular weight is 212 g/mol. The molecule has 0 amide bonds. The molecule has 0 spiro atoms. The molecule has 56 valence electrons. The zero-order valence-electron chi connectivity index (χ0n) is 5.80. The van der Waals surface area contributed by atoms with Crippen molar-refractivity contribution in [3.63, 3.8) is 0 Å². The number of fused-ring (bicyclic) bond motifs is 1. The highest BCUT2D eigenvalue weighted by atomic mass is 79.9. The zero-order chi connectivity index (χ0) is 7.84. The minimum absolute atomic E-state index is 0.216. The Morgan fingerprint density at radius 3 is 3.09 bits per heavy atom. The Morgan fingerprint density at radius 1 is 1.45 bits per heavy atom. The second kappa shape index (κ2) is 2.41. The van der Waals surface area contributed by atoms with Crippen LogP contribution < -0.4 is 0 Å². The topological polar surface area (TPSA) is 30.0 Å². The summed E-state index contributed by atoms with van der Waals surface area (Å²) in [4.78, 5) is 15.3. The molecule has 2 rings (SSSR count). The molecule has 1 aromatic heterocycles. The molecule has 0 aromatic carbocycles. The number of Topliss-reactive ketones (excluding diaryl/α,β-unsaturated/α-hetero) is 1. The van der Waals surface area contributed by atoms with Crippen LogP contribution in [0.2, 0.25) is 0 Å². The maximum Gasteiger partial charge on any atom is 0.165 e. The van der Waals surface area contributed by atoms with Crippen LogP contribution in [-0.2, 0) is 6.42 Å². The van der Waals surface area contributed by atoms with Gasteiger partial charge >= 0.3 is 0 Å². The molecule has 2 nitrogen and oxygen atoms in total. The molecule has 1 aliphatic carbocycles. The SMILES string of the molecule is O=C1CCc2ncc(Br)cc21. The first-order valence-electron chi connectivity index (χ1n) is 3.45. The van der Waals surface area contributed by atoms with E-state index in [1.807, 2.05) is 6.07 Å². The molecule has 0 fully saturated rings. The first kappa shape index (κ1) is 6.98. The molecule has 3 heteroatoms. The van der Waals surface area contributed by atoms with E-state index in [-0.39, 0.29) is 5.78 Å². The summed E-state index contributed by atoms with van der Waals surface area (Å²) in [6.45, 7) is 0. The number of aromatic nitrogens is 1. The summed E-state index contributed by atoms with van der Waals surface area (Å²) in [7, 11) is 0. The van der Waals surface area contributed by atoms with Crippen LogP contribution in [0.4, 0.5) is 0 Å². The Hall–Kier alpha value is -0.700. The predicted octanol–water partition coefficient (Wildman–Crippen LogP) is 1.97. The smallest absolute Gasteiger partial charge is 0.165 e. The second-order valence-corrected chi connectivity index (χ2v) is 3.49. The lowest BCUT2D eigenvalue weighted by molar-refractivity contribution is 0.0994. The average Bonchev–Trinajstić information content (AvgIpc) is 2.33. The summed E-state index contributed by atoms with van der Waals surface area (Å²) in [5.41, 5.74) is 1.73. The molecule has 0 bridgehead atoms. The van der Waals surface area contributed by atoms with Crippen LogP contribution in [0.25, 0.3) is 0 Å². The highest BCUT2D eigenvalue weighted by Crippen LogP contribution is 2.22. The summed E-state index contributed by atoms with van der Waals surface area (Å²) in [5, 5.41) is 0. The van der Waals surface area contributed by atoms with Gasteiger partial charge in [-0.3, -0.25) is 9.78 Å². The van der Waals surface area contributed by atoms with Gasteiger partial charge < -0.3 is 0 Å². The maximum atomic E-state index is 11.2. The van der Waals surface area contributed by atoms with Gasteiger partial charge in [-0.25, -0.2) is 0 Å². The van der Waals surface area contributed by atoms with Crippen LogP contribution in [0.5, 0.6) is 0 Å². The fourth-order valence-electron chi connectivity index (χ4n) is 1.27. The quantitative estimate of drug-likeness (QED) is 0.658. The number of carbonyl (C=O) groups excluding carboxylic acids is 1. The first-order chi connectivity index (χ1) is 5.27. The van der Waals surface area contributed by atoms with Crippen LogP contribution in [0.15, 0.2) is 16.7 Å². The van der Waals surface area contributed by atoms with Crippen molar-refractivity contribution in [2.45, 2.75) is 12.8 Å². The Balaban J connectivity index is 2.60. The van der Waals surface area contributed by atoms with Crippen molar-refractivity contribution in [3.05, 3.63) is 28.0 Å². The Morgan fingerprint density at radius 2 is 2.27 bits per heavy atom. The summed E-state index contributed by atoms with van der Waals surface area (Å²) >= 11 is 3.28. The highest BCUT2D eigenvalue weighted by Gasteiger charge is 2.20. The number of nitrogens with zero attached hydrogens (tertiary/aromatic N) is 1. The number of ketones is 1. The van der Waals surface area contributed by atoms with E-state index in [0.29, 0.717) is 6.42 Å². The van der Waals surface area contributed by atoms with Crippen LogP contribution in [0.3, 0.4) is 0 Å². The van der Waals surface area contributed by atoms with Gasteiger partial charge in [0.05, 0.1) is 5.69 Å². The van der Waals surface area contributed by atoms with Crippen molar-refractivity contribution in [2.24, 2.45) is 0 Å². The normalized spacial score (nSPS) is 15.2. The zero-order valence-corrected chi connectivity index (χ0v) is 7.39. The summed E-state index contributed by atoms with van der Waals surface area (Å²) in [5.74, 6) is 0.216. The van der Waals surface area contributed by atoms with E-state index in [2.05, 4.69) is 20.9 Å². The van der Waals surface area contributed by atoms with Crippen molar-refractivity contribution < 1.29 is 4.79 Å². The van der Waals surface area contributed by atoms with E-state index < -0.39 is 0 Å². The van der Waals surface area contributed by atoms with Gasteiger partial charge in [0.1, 0.15) is 0 Å². The van der Waals surface area contributed by atoms with Gasteiger partial charge in [0, 0.05) is 22.7 Å². The van der Waals surface area contributed by atoms with Crippen LogP contribution >= 0.6 is 15.9 Å². The number of pyridine rings is 1. The van der Waals surface area contributed by atoms with Crippen molar-refractivity contribution in [2.75, 3.05) is 0 Å². The lowest BCUT2D eigenvalue weighted by Gasteiger charge is -1.95. The largest absolute Gasteiger partial charge is 0.294 e. The third-order valence-electron chi connectivity index (χ3n) is 1.83. The van der Waals surface area contributed by atoms with Gasteiger partial charge in [0.2, 0.25) is 0 Å². The van der Waals surface area contributed by atoms with E-state index in [1.54, 1.807) is 6.20 Å². The molecular formula is C8H6BrNO. The Bertz CT molecular complexity index is 322. The standard InChI is InChI=1S/C8H6BrNO/c9-5-3-6-7(10-4-5)1-2-8(6)11/h3-4H,1-2H2. The minimum Gasteiger partial charge on any atom is -0.294 e. The number of rotatable bonds is 0. The van der Waals surface area contributed by atoms with Gasteiger partial charge in [0.15, 0.2) is 5.78 Å². The lowest BCUT2D eigenvalue weighted by Crippen LogP contribution is -1.92. The Kier molecular flexibility index (Phi) is 1.53. The number of hydrogen-bond donors (Lipinski definition) is 0. The van der Waals surface area contributed by atoms with Crippen LogP contribution in [0, 0.1) is 0 Å². The molecular weight excluding hydrogens is 206 g/mol. The third-order valence-corrected chi connectivity index (χ3v) is 2.26. The van der Waals surface area contributed by atoms with Crippen LogP contribution in [-0.4, -0.2) is 10.8 Å². The fourth-order valence-corrected chi connectivity index (χ4v) is 1.61. The maximum absolute atomic E-state index is 11.2. The van der Waals surface area contributed by atoms with E-state index in [9.17, 15) is 4.79 Å². The molecule has 0 saturated carbocycles. The molecule has 0 aliphatic heterocycles. The van der Waals surface area contributed by atoms with Crippen molar-refractivity contribution in [3.8, 4) is 0 Å². The molecule has 0 unspecified atom stereocenters. The van der Waals surface area contributed by atoms with E-state index in [4.69, 9.17) is 0 Å². The Labute approximate surface area is 72.8 Å². The molecule has 1 heterocycles. The van der Waals surface area contributed by atoms with Gasteiger partial charge in [-0.1, -0.05) is 0 Å². The molecule has 1 aromatic rings. The number of hydrogen-bond acceptors (Lipinski definition) is 2. The monoisotopic (exact) mass is 211 g/mol. The van der Waals surface area contributed by atoms with Gasteiger partial charge in [-0.2, -0.15) is 0 Å². The van der Waals surface area contributed by atoms with Gasteiger partial charge in [-0.15, -0.1) is 0 Å².